The van der Waals surface area contributed by atoms with Crippen LogP contribution in [0.5, 0.6) is 5.75 Å². The SMILES string of the molecule is C/C=C/C(=O)Oc1ccc(-c2ccc(C#N)s2)cc1. The molecular weight excluding hydrogens is 258 g/mol. The molecule has 94 valence electrons. The minimum Gasteiger partial charge on any atom is -0.423 e. The third-order valence-corrected chi connectivity index (χ3v) is 3.42. The van der Waals surface area contributed by atoms with Gasteiger partial charge >= 0.3 is 5.97 Å². The molecule has 19 heavy (non-hydrogen) atoms. The average molecular weight is 269 g/mol. The van der Waals surface area contributed by atoms with E-state index >= 15 is 0 Å². The summed E-state index contributed by atoms with van der Waals surface area (Å²) >= 11 is 1.43. The van der Waals surface area contributed by atoms with Crippen molar-refractivity contribution in [1.29, 1.82) is 5.26 Å². The number of esters is 1. The van der Waals surface area contributed by atoms with E-state index in [9.17, 15) is 4.79 Å². The van der Waals surface area contributed by atoms with E-state index in [1.54, 1.807) is 31.2 Å². The molecular formula is C15H11NO2S. The van der Waals surface area contributed by atoms with Gasteiger partial charge in [-0.1, -0.05) is 6.08 Å². The van der Waals surface area contributed by atoms with Crippen LogP contribution in [-0.4, -0.2) is 5.97 Å². The molecule has 0 atom stereocenters. The Morgan fingerprint density at radius 2 is 2.00 bits per heavy atom. The summed E-state index contributed by atoms with van der Waals surface area (Å²) in [6, 6.07) is 13.0. The van der Waals surface area contributed by atoms with Gasteiger partial charge in [0.15, 0.2) is 0 Å². The Bertz CT molecular complexity index is 648. The summed E-state index contributed by atoms with van der Waals surface area (Å²) in [5, 5.41) is 8.79. The highest BCUT2D eigenvalue weighted by Gasteiger charge is 2.04. The Morgan fingerprint density at radius 1 is 1.26 bits per heavy atom. The molecule has 0 saturated carbocycles. The summed E-state index contributed by atoms with van der Waals surface area (Å²) in [4.78, 5) is 13.0. The summed E-state index contributed by atoms with van der Waals surface area (Å²) in [6.45, 7) is 1.76. The number of carbonyl (C=O) groups excluding carboxylic acids is 1. The molecule has 0 aliphatic rings. The van der Waals surface area contributed by atoms with Gasteiger partial charge in [0.1, 0.15) is 16.7 Å². The molecule has 0 bridgehead atoms. The van der Waals surface area contributed by atoms with Crippen LogP contribution in [0.1, 0.15) is 11.8 Å². The molecule has 1 aromatic carbocycles. The highest BCUT2D eigenvalue weighted by atomic mass is 32.1. The van der Waals surface area contributed by atoms with Crippen molar-refractivity contribution in [3.05, 3.63) is 53.4 Å². The Kier molecular flexibility index (Phi) is 4.11. The van der Waals surface area contributed by atoms with Crippen molar-refractivity contribution in [2.45, 2.75) is 6.92 Å². The van der Waals surface area contributed by atoms with Crippen molar-refractivity contribution in [1.82, 2.24) is 0 Å². The summed E-state index contributed by atoms with van der Waals surface area (Å²) in [7, 11) is 0. The second kappa shape index (κ2) is 5.98. The van der Waals surface area contributed by atoms with Crippen LogP contribution in [0.3, 0.4) is 0 Å². The molecule has 2 rings (SSSR count). The van der Waals surface area contributed by atoms with Crippen LogP contribution >= 0.6 is 11.3 Å². The molecule has 2 aromatic rings. The van der Waals surface area contributed by atoms with Gasteiger partial charge in [-0.25, -0.2) is 4.79 Å². The number of allylic oxidation sites excluding steroid dienone is 1. The van der Waals surface area contributed by atoms with Crippen molar-refractivity contribution >= 4 is 17.3 Å². The molecule has 4 heteroatoms. The van der Waals surface area contributed by atoms with Gasteiger partial charge in [-0.05, 0) is 48.9 Å². The molecule has 3 nitrogen and oxygen atoms in total. The van der Waals surface area contributed by atoms with E-state index in [0.717, 1.165) is 10.4 Å². The van der Waals surface area contributed by atoms with Gasteiger partial charge in [0.05, 0.1) is 0 Å². The number of nitrogens with zero attached hydrogens (tertiary/aromatic N) is 1. The number of ether oxygens (including phenoxy) is 1. The minimum atomic E-state index is -0.391. The van der Waals surface area contributed by atoms with E-state index in [1.165, 1.54) is 17.4 Å². The molecule has 0 amide bonds. The van der Waals surface area contributed by atoms with Crippen molar-refractivity contribution in [3.8, 4) is 22.3 Å². The van der Waals surface area contributed by atoms with Crippen molar-refractivity contribution in [3.63, 3.8) is 0 Å². The van der Waals surface area contributed by atoms with Crippen molar-refractivity contribution in [2.24, 2.45) is 0 Å². The first-order chi connectivity index (χ1) is 9.22. The molecule has 0 aliphatic heterocycles. The van der Waals surface area contributed by atoms with E-state index in [-0.39, 0.29) is 0 Å². The highest BCUT2D eigenvalue weighted by Crippen LogP contribution is 2.29. The fourth-order valence-corrected chi connectivity index (χ4v) is 2.34. The zero-order chi connectivity index (χ0) is 13.7. The molecule has 0 radical (unpaired) electrons. The van der Waals surface area contributed by atoms with Crippen molar-refractivity contribution < 1.29 is 9.53 Å². The first-order valence-corrected chi connectivity index (χ1v) is 6.49. The number of thiophene rings is 1. The summed E-state index contributed by atoms with van der Waals surface area (Å²) in [5.74, 6) is 0.113. The second-order valence-electron chi connectivity index (χ2n) is 3.72. The maximum absolute atomic E-state index is 11.3. The number of carbonyl (C=O) groups is 1. The van der Waals surface area contributed by atoms with Gasteiger partial charge in [0.25, 0.3) is 0 Å². The Hall–Kier alpha value is -2.38. The fraction of sp³-hybridized carbons (Fsp3) is 0.0667. The van der Waals surface area contributed by atoms with Crippen molar-refractivity contribution in [2.75, 3.05) is 0 Å². The van der Waals surface area contributed by atoms with Gasteiger partial charge in [-0.2, -0.15) is 5.26 Å². The molecule has 0 N–H and O–H groups in total. The third-order valence-electron chi connectivity index (χ3n) is 2.38. The zero-order valence-electron chi connectivity index (χ0n) is 10.3. The van der Waals surface area contributed by atoms with Crippen LogP contribution in [-0.2, 0) is 4.79 Å². The molecule has 0 fully saturated rings. The van der Waals surface area contributed by atoms with Gasteiger partial charge in [0.2, 0.25) is 0 Å². The van der Waals surface area contributed by atoms with Gasteiger partial charge in [0, 0.05) is 11.0 Å². The molecule has 0 spiro atoms. The van der Waals surface area contributed by atoms with E-state index < -0.39 is 5.97 Å². The summed E-state index contributed by atoms with van der Waals surface area (Å²) in [6.07, 6.45) is 3.00. The van der Waals surface area contributed by atoms with Gasteiger partial charge < -0.3 is 4.74 Å². The molecule has 0 aliphatic carbocycles. The number of benzene rings is 1. The first-order valence-electron chi connectivity index (χ1n) is 5.68. The summed E-state index contributed by atoms with van der Waals surface area (Å²) in [5.41, 5.74) is 0.998. The van der Waals surface area contributed by atoms with E-state index in [4.69, 9.17) is 10.00 Å². The monoisotopic (exact) mass is 269 g/mol. The molecule has 0 unspecified atom stereocenters. The highest BCUT2D eigenvalue weighted by molar-refractivity contribution is 7.16. The minimum absolute atomic E-state index is 0.391. The van der Waals surface area contributed by atoms with Gasteiger partial charge in [-0.3, -0.25) is 0 Å². The summed E-state index contributed by atoms with van der Waals surface area (Å²) < 4.78 is 5.10. The van der Waals surface area contributed by atoms with E-state index in [2.05, 4.69) is 6.07 Å². The molecule has 1 heterocycles. The molecule has 1 aromatic heterocycles. The number of hydrogen-bond donors (Lipinski definition) is 0. The van der Waals surface area contributed by atoms with E-state index in [1.807, 2.05) is 18.2 Å². The number of hydrogen-bond acceptors (Lipinski definition) is 4. The number of rotatable bonds is 3. The lowest BCUT2D eigenvalue weighted by molar-refractivity contribution is -0.129. The van der Waals surface area contributed by atoms with Crippen LogP contribution in [0.2, 0.25) is 0 Å². The standard InChI is InChI=1S/C15H11NO2S/c1-2-3-15(17)18-12-6-4-11(5-7-12)14-9-8-13(10-16)19-14/h2-9H,1H3/b3-2+. The third kappa shape index (κ3) is 3.30. The van der Waals surface area contributed by atoms with Crippen LogP contribution in [0.25, 0.3) is 10.4 Å². The maximum atomic E-state index is 11.3. The quantitative estimate of drug-likeness (QED) is 0.484. The van der Waals surface area contributed by atoms with E-state index in [0.29, 0.717) is 10.6 Å². The predicted octanol–water partition coefficient (Wildman–Crippen LogP) is 3.77. The first kappa shape index (κ1) is 13.1. The Morgan fingerprint density at radius 3 is 2.58 bits per heavy atom. The smallest absolute Gasteiger partial charge is 0.335 e. The van der Waals surface area contributed by atoms with Gasteiger partial charge in [-0.15, -0.1) is 11.3 Å². The second-order valence-corrected chi connectivity index (χ2v) is 4.80. The average Bonchev–Trinajstić information content (AvgIpc) is 2.88. The fourth-order valence-electron chi connectivity index (χ4n) is 1.53. The lowest BCUT2D eigenvalue weighted by Gasteiger charge is -2.02. The van der Waals surface area contributed by atoms with Crippen LogP contribution in [0.4, 0.5) is 0 Å². The topological polar surface area (TPSA) is 50.1 Å². The zero-order valence-corrected chi connectivity index (χ0v) is 11.1. The number of nitriles is 1. The normalized spacial score (nSPS) is 10.3. The van der Waals surface area contributed by atoms with Crippen LogP contribution < -0.4 is 4.74 Å². The predicted molar refractivity (Wildman–Crippen MR) is 74.9 cm³/mol. The van der Waals surface area contributed by atoms with Crippen LogP contribution in [0, 0.1) is 11.3 Å². The maximum Gasteiger partial charge on any atom is 0.335 e. The molecule has 0 saturated heterocycles. The Labute approximate surface area is 115 Å². The largest absolute Gasteiger partial charge is 0.423 e. The lowest BCUT2D eigenvalue weighted by atomic mass is 10.2. The lowest BCUT2D eigenvalue weighted by Crippen LogP contribution is -2.03. The van der Waals surface area contributed by atoms with Crippen LogP contribution in [0.15, 0.2) is 48.6 Å². The Balaban J connectivity index is 2.14.